The van der Waals surface area contributed by atoms with E-state index in [0.717, 1.165) is 0 Å². The molecule has 0 fully saturated rings. The number of amides is 2. The fourth-order valence-corrected chi connectivity index (χ4v) is 2.00. The first-order valence-electron chi connectivity index (χ1n) is 5.89. The van der Waals surface area contributed by atoms with Gasteiger partial charge in [0, 0.05) is 13.0 Å². The zero-order chi connectivity index (χ0) is 13.4. The van der Waals surface area contributed by atoms with E-state index < -0.39 is 0 Å². The van der Waals surface area contributed by atoms with Gasteiger partial charge in [-0.15, -0.1) is 11.3 Å². The average molecular weight is 270 g/mol. The molecule has 18 heavy (non-hydrogen) atoms. The number of thiophene rings is 1. The molecule has 0 unspecified atom stereocenters. The summed E-state index contributed by atoms with van der Waals surface area (Å²) in [6, 6.07) is 3.34. The van der Waals surface area contributed by atoms with Crippen molar-refractivity contribution in [2.45, 2.75) is 25.8 Å². The molecule has 1 aromatic heterocycles. The molecule has 0 radical (unpaired) electrons. The second-order valence-corrected chi connectivity index (χ2v) is 4.79. The van der Waals surface area contributed by atoms with Crippen LogP contribution in [0.5, 0.6) is 0 Å². The number of nitrogens with one attached hydrogen (secondary N) is 2. The van der Waals surface area contributed by atoms with E-state index >= 15 is 0 Å². The molecule has 100 valence electrons. The molecule has 0 spiro atoms. The van der Waals surface area contributed by atoms with Crippen molar-refractivity contribution >= 4 is 23.2 Å². The van der Waals surface area contributed by atoms with Gasteiger partial charge in [-0.3, -0.25) is 9.59 Å². The first-order valence-corrected chi connectivity index (χ1v) is 6.77. The van der Waals surface area contributed by atoms with Crippen LogP contribution in [0.3, 0.4) is 0 Å². The molecule has 1 heterocycles. The largest absolute Gasteiger partial charge is 0.394 e. The zero-order valence-electron chi connectivity index (χ0n) is 10.3. The lowest BCUT2D eigenvalue weighted by molar-refractivity contribution is -0.122. The fourth-order valence-electron chi connectivity index (χ4n) is 1.36. The number of hydrogen-bond acceptors (Lipinski definition) is 4. The van der Waals surface area contributed by atoms with E-state index in [1.54, 1.807) is 12.1 Å². The Morgan fingerprint density at radius 2 is 2.28 bits per heavy atom. The summed E-state index contributed by atoms with van der Waals surface area (Å²) < 4.78 is 0. The number of carbonyl (C=O) groups excluding carboxylic acids is 2. The smallest absolute Gasteiger partial charge is 0.261 e. The monoisotopic (exact) mass is 270 g/mol. The lowest BCUT2D eigenvalue weighted by atomic mass is 10.2. The minimum absolute atomic E-state index is 0.0657. The van der Waals surface area contributed by atoms with E-state index in [1.165, 1.54) is 11.3 Å². The molecule has 6 heteroatoms. The lowest BCUT2D eigenvalue weighted by Gasteiger charge is -2.13. The van der Waals surface area contributed by atoms with Gasteiger partial charge < -0.3 is 15.7 Å². The summed E-state index contributed by atoms with van der Waals surface area (Å²) in [5.41, 5.74) is 0. The molecule has 5 nitrogen and oxygen atoms in total. The second kappa shape index (κ2) is 7.84. The van der Waals surface area contributed by atoms with Crippen LogP contribution in [0, 0.1) is 0 Å². The third-order valence-electron chi connectivity index (χ3n) is 2.46. The van der Waals surface area contributed by atoms with Crippen LogP contribution in [0.25, 0.3) is 0 Å². The van der Waals surface area contributed by atoms with Crippen molar-refractivity contribution in [3.8, 4) is 0 Å². The summed E-state index contributed by atoms with van der Waals surface area (Å²) in [6.07, 6.45) is 0.900. The highest BCUT2D eigenvalue weighted by Gasteiger charge is 2.10. The summed E-state index contributed by atoms with van der Waals surface area (Å²) in [4.78, 5) is 23.7. The Hall–Kier alpha value is -1.40. The molecular formula is C12H18N2O3S. The highest BCUT2D eigenvalue weighted by molar-refractivity contribution is 7.12. The van der Waals surface area contributed by atoms with Crippen molar-refractivity contribution in [2.24, 2.45) is 0 Å². The standard InChI is InChI=1S/C12H18N2O3S/c1-2-9(8-15)14-11(16)5-6-13-12(17)10-4-3-7-18-10/h3-4,7,9,15H,2,5-6,8H2,1H3,(H,13,17)(H,14,16)/t9-/m1/s1. The summed E-state index contributed by atoms with van der Waals surface area (Å²) in [5.74, 6) is -0.325. The summed E-state index contributed by atoms with van der Waals surface area (Å²) in [5, 5.41) is 16.1. The molecule has 0 aliphatic rings. The van der Waals surface area contributed by atoms with Gasteiger partial charge in [-0.2, -0.15) is 0 Å². The van der Waals surface area contributed by atoms with E-state index in [1.807, 2.05) is 12.3 Å². The molecule has 0 aromatic carbocycles. The van der Waals surface area contributed by atoms with E-state index in [2.05, 4.69) is 10.6 Å². The Balaban J connectivity index is 2.21. The van der Waals surface area contributed by atoms with Gasteiger partial charge in [-0.25, -0.2) is 0 Å². The van der Waals surface area contributed by atoms with Crippen molar-refractivity contribution in [3.63, 3.8) is 0 Å². The molecule has 1 aromatic rings. The first-order chi connectivity index (χ1) is 8.67. The Kier molecular flexibility index (Phi) is 6.38. The molecule has 3 N–H and O–H groups in total. The molecule has 2 amide bonds. The Labute approximate surface area is 110 Å². The molecule has 0 aliphatic heterocycles. The quantitative estimate of drug-likeness (QED) is 0.684. The predicted octanol–water partition coefficient (Wildman–Crippen LogP) is 0.755. The third kappa shape index (κ3) is 4.85. The minimum atomic E-state index is -0.203. The number of aliphatic hydroxyl groups excluding tert-OH is 1. The highest BCUT2D eigenvalue weighted by atomic mass is 32.1. The maximum Gasteiger partial charge on any atom is 0.261 e. The predicted molar refractivity (Wildman–Crippen MR) is 70.6 cm³/mol. The van der Waals surface area contributed by atoms with Gasteiger partial charge in [-0.05, 0) is 17.9 Å². The van der Waals surface area contributed by atoms with Gasteiger partial charge in [0.25, 0.3) is 5.91 Å². The van der Waals surface area contributed by atoms with Gasteiger partial charge in [0.2, 0.25) is 5.91 Å². The van der Waals surface area contributed by atoms with Crippen LogP contribution in [-0.4, -0.2) is 36.1 Å². The molecular weight excluding hydrogens is 252 g/mol. The van der Waals surface area contributed by atoms with Gasteiger partial charge in [0.15, 0.2) is 0 Å². The van der Waals surface area contributed by atoms with Crippen LogP contribution in [0.1, 0.15) is 29.4 Å². The van der Waals surface area contributed by atoms with Crippen molar-refractivity contribution < 1.29 is 14.7 Å². The Morgan fingerprint density at radius 1 is 1.50 bits per heavy atom. The van der Waals surface area contributed by atoms with Crippen LogP contribution in [0.2, 0.25) is 0 Å². The van der Waals surface area contributed by atoms with Crippen LogP contribution in [-0.2, 0) is 4.79 Å². The maximum absolute atomic E-state index is 11.5. The molecule has 0 saturated heterocycles. The molecule has 0 saturated carbocycles. The number of aliphatic hydroxyl groups is 1. The second-order valence-electron chi connectivity index (χ2n) is 3.84. The fraction of sp³-hybridized carbons (Fsp3) is 0.500. The minimum Gasteiger partial charge on any atom is -0.394 e. The summed E-state index contributed by atoms with van der Waals surface area (Å²) in [7, 11) is 0. The van der Waals surface area contributed by atoms with Gasteiger partial charge >= 0.3 is 0 Å². The highest BCUT2D eigenvalue weighted by Crippen LogP contribution is 2.07. The average Bonchev–Trinajstić information content (AvgIpc) is 2.89. The van der Waals surface area contributed by atoms with Crippen LogP contribution in [0.15, 0.2) is 17.5 Å². The van der Waals surface area contributed by atoms with Crippen LogP contribution in [0.4, 0.5) is 0 Å². The molecule has 1 atom stereocenters. The SMILES string of the molecule is CC[C@H](CO)NC(=O)CCNC(=O)c1cccs1. The van der Waals surface area contributed by atoms with Gasteiger partial charge in [-0.1, -0.05) is 13.0 Å². The van der Waals surface area contributed by atoms with E-state index in [0.29, 0.717) is 17.8 Å². The van der Waals surface area contributed by atoms with Crippen LogP contribution >= 0.6 is 11.3 Å². The molecule has 0 bridgehead atoms. The summed E-state index contributed by atoms with van der Waals surface area (Å²) in [6.45, 7) is 2.12. The number of rotatable bonds is 7. The van der Waals surface area contributed by atoms with E-state index in [9.17, 15) is 9.59 Å². The van der Waals surface area contributed by atoms with Crippen molar-refractivity contribution in [1.82, 2.24) is 10.6 Å². The van der Waals surface area contributed by atoms with Crippen molar-refractivity contribution in [2.75, 3.05) is 13.2 Å². The lowest BCUT2D eigenvalue weighted by Crippen LogP contribution is -2.38. The normalized spacial score (nSPS) is 11.9. The van der Waals surface area contributed by atoms with Gasteiger partial charge in [0.05, 0.1) is 17.5 Å². The first kappa shape index (κ1) is 14.7. The third-order valence-corrected chi connectivity index (χ3v) is 3.33. The van der Waals surface area contributed by atoms with Crippen molar-refractivity contribution in [3.05, 3.63) is 22.4 Å². The number of hydrogen-bond donors (Lipinski definition) is 3. The zero-order valence-corrected chi connectivity index (χ0v) is 11.1. The molecule has 1 rings (SSSR count). The van der Waals surface area contributed by atoms with Crippen LogP contribution < -0.4 is 10.6 Å². The topological polar surface area (TPSA) is 78.4 Å². The Morgan fingerprint density at radius 3 is 2.83 bits per heavy atom. The van der Waals surface area contributed by atoms with E-state index in [-0.39, 0.29) is 30.9 Å². The van der Waals surface area contributed by atoms with Crippen molar-refractivity contribution in [1.29, 1.82) is 0 Å². The molecule has 0 aliphatic carbocycles. The summed E-state index contributed by atoms with van der Waals surface area (Å²) >= 11 is 1.36. The Bertz CT molecular complexity index is 375. The maximum atomic E-state index is 11.5. The number of carbonyl (C=O) groups is 2. The van der Waals surface area contributed by atoms with Gasteiger partial charge in [0.1, 0.15) is 0 Å². The van der Waals surface area contributed by atoms with E-state index in [4.69, 9.17) is 5.11 Å².